The van der Waals surface area contributed by atoms with Crippen molar-refractivity contribution < 1.29 is 9.66 Å². The smallest absolute Gasteiger partial charge is 0.295 e. The quantitative estimate of drug-likeness (QED) is 0.649. The molecule has 0 amide bonds. The minimum absolute atomic E-state index is 0.0518. The molecule has 0 aliphatic heterocycles. The Hall–Kier alpha value is -2.70. The molecular formula is C14H16N4O3. The second-order valence-corrected chi connectivity index (χ2v) is 4.34. The molecule has 0 aliphatic carbocycles. The van der Waals surface area contributed by atoms with Gasteiger partial charge in [-0.1, -0.05) is 6.92 Å². The van der Waals surface area contributed by atoms with Crippen molar-refractivity contribution in [3.05, 3.63) is 40.6 Å². The number of rotatable bonds is 6. The number of ether oxygens (including phenoxy) is 1. The number of methoxy groups -OCH3 is 1. The van der Waals surface area contributed by atoms with Gasteiger partial charge < -0.3 is 10.1 Å². The average molecular weight is 288 g/mol. The standard InChI is InChI=1S/C14H16N4O3/c1-3-8-15-12-6-5-11(18(19)20)14(17-12)10-4-7-13(21-2)16-9-10/h4-7,9H,3,8H2,1-2H3,(H,15,17). The summed E-state index contributed by atoms with van der Waals surface area (Å²) in [5, 5.41) is 14.3. The highest BCUT2D eigenvalue weighted by Gasteiger charge is 2.18. The van der Waals surface area contributed by atoms with Crippen molar-refractivity contribution in [2.45, 2.75) is 13.3 Å². The maximum Gasteiger partial charge on any atom is 0.295 e. The molecular weight excluding hydrogens is 272 g/mol. The summed E-state index contributed by atoms with van der Waals surface area (Å²) in [4.78, 5) is 19.1. The monoisotopic (exact) mass is 288 g/mol. The Morgan fingerprint density at radius 2 is 2.14 bits per heavy atom. The fraction of sp³-hybridized carbons (Fsp3) is 0.286. The molecule has 0 saturated heterocycles. The van der Waals surface area contributed by atoms with Crippen molar-refractivity contribution in [2.75, 3.05) is 19.0 Å². The number of hydrogen-bond acceptors (Lipinski definition) is 6. The fourth-order valence-corrected chi connectivity index (χ4v) is 1.80. The van der Waals surface area contributed by atoms with E-state index < -0.39 is 4.92 Å². The molecule has 1 N–H and O–H groups in total. The average Bonchev–Trinajstić information content (AvgIpc) is 2.52. The van der Waals surface area contributed by atoms with Crippen LogP contribution in [-0.4, -0.2) is 28.5 Å². The van der Waals surface area contributed by atoms with E-state index in [0.717, 1.165) is 13.0 Å². The van der Waals surface area contributed by atoms with E-state index in [4.69, 9.17) is 4.74 Å². The number of nitrogens with zero attached hydrogens (tertiary/aromatic N) is 3. The highest BCUT2D eigenvalue weighted by molar-refractivity contribution is 5.70. The van der Waals surface area contributed by atoms with Gasteiger partial charge in [0.1, 0.15) is 5.82 Å². The Labute approximate surface area is 122 Å². The summed E-state index contributed by atoms with van der Waals surface area (Å²) in [6.07, 6.45) is 2.45. The lowest BCUT2D eigenvalue weighted by Crippen LogP contribution is -2.04. The zero-order valence-corrected chi connectivity index (χ0v) is 11.9. The first-order valence-electron chi connectivity index (χ1n) is 6.55. The van der Waals surface area contributed by atoms with Crippen molar-refractivity contribution in [1.82, 2.24) is 9.97 Å². The van der Waals surface area contributed by atoms with Crippen molar-refractivity contribution >= 4 is 11.5 Å². The Morgan fingerprint density at radius 1 is 1.33 bits per heavy atom. The minimum Gasteiger partial charge on any atom is -0.481 e. The summed E-state index contributed by atoms with van der Waals surface area (Å²) in [7, 11) is 1.51. The van der Waals surface area contributed by atoms with Gasteiger partial charge in [0.15, 0.2) is 5.69 Å². The van der Waals surface area contributed by atoms with Gasteiger partial charge in [0.2, 0.25) is 5.88 Å². The first kappa shape index (κ1) is 14.7. The third-order valence-electron chi connectivity index (χ3n) is 2.85. The zero-order chi connectivity index (χ0) is 15.2. The van der Waals surface area contributed by atoms with Crippen LogP contribution in [0.1, 0.15) is 13.3 Å². The summed E-state index contributed by atoms with van der Waals surface area (Å²) < 4.78 is 4.98. The lowest BCUT2D eigenvalue weighted by atomic mass is 10.1. The number of nitro groups is 1. The summed E-state index contributed by atoms with van der Waals surface area (Å²) in [6, 6.07) is 6.40. The van der Waals surface area contributed by atoms with Crippen LogP contribution in [0, 0.1) is 10.1 Å². The molecule has 2 aromatic heterocycles. The fourth-order valence-electron chi connectivity index (χ4n) is 1.80. The normalized spacial score (nSPS) is 10.2. The number of aromatic nitrogens is 2. The van der Waals surface area contributed by atoms with Gasteiger partial charge in [-0.15, -0.1) is 0 Å². The SMILES string of the molecule is CCCNc1ccc([N+](=O)[O-])c(-c2ccc(OC)nc2)n1. The first-order valence-corrected chi connectivity index (χ1v) is 6.55. The molecule has 21 heavy (non-hydrogen) atoms. The van der Waals surface area contributed by atoms with Crippen LogP contribution in [0.15, 0.2) is 30.5 Å². The summed E-state index contributed by atoms with van der Waals surface area (Å²) in [5.74, 6) is 1.05. The zero-order valence-electron chi connectivity index (χ0n) is 11.9. The van der Waals surface area contributed by atoms with E-state index in [2.05, 4.69) is 15.3 Å². The van der Waals surface area contributed by atoms with E-state index in [-0.39, 0.29) is 11.4 Å². The number of pyridine rings is 2. The van der Waals surface area contributed by atoms with Gasteiger partial charge >= 0.3 is 0 Å². The molecule has 0 radical (unpaired) electrons. The molecule has 0 spiro atoms. The van der Waals surface area contributed by atoms with Gasteiger partial charge in [-0.3, -0.25) is 10.1 Å². The van der Waals surface area contributed by atoms with Crippen LogP contribution in [0.2, 0.25) is 0 Å². The van der Waals surface area contributed by atoms with Crippen LogP contribution in [0.25, 0.3) is 11.3 Å². The molecule has 0 fully saturated rings. The third-order valence-corrected chi connectivity index (χ3v) is 2.85. The highest BCUT2D eigenvalue weighted by Crippen LogP contribution is 2.29. The van der Waals surface area contributed by atoms with Crippen LogP contribution in [0.4, 0.5) is 11.5 Å². The molecule has 0 bridgehead atoms. The lowest BCUT2D eigenvalue weighted by molar-refractivity contribution is -0.384. The van der Waals surface area contributed by atoms with Gasteiger partial charge in [0, 0.05) is 30.4 Å². The summed E-state index contributed by atoms with van der Waals surface area (Å²) >= 11 is 0. The molecule has 2 rings (SSSR count). The first-order chi connectivity index (χ1) is 10.2. The van der Waals surface area contributed by atoms with Gasteiger partial charge in [0.25, 0.3) is 5.69 Å². The molecule has 0 aliphatic rings. The maximum atomic E-state index is 11.1. The maximum absolute atomic E-state index is 11.1. The van der Waals surface area contributed by atoms with E-state index in [1.807, 2.05) is 6.92 Å². The second-order valence-electron chi connectivity index (χ2n) is 4.34. The number of hydrogen-bond donors (Lipinski definition) is 1. The van der Waals surface area contributed by atoms with Crippen LogP contribution < -0.4 is 10.1 Å². The van der Waals surface area contributed by atoms with E-state index in [9.17, 15) is 10.1 Å². The minimum atomic E-state index is -0.448. The van der Waals surface area contributed by atoms with Crippen LogP contribution >= 0.6 is 0 Å². The van der Waals surface area contributed by atoms with E-state index in [1.165, 1.54) is 19.4 Å². The Balaban J connectivity index is 2.43. The van der Waals surface area contributed by atoms with E-state index in [1.54, 1.807) is 18.2 Å². The van der Waals surface area contributed by atoms with Gasteiger partial charge in [-0.25, -0.2) is 9.97 Å². The van der Waals surface area contributed by atoms with E-state index >= 15 is 0 Å². The third kappa shape index (κ3) is 3.44. The van der Waals surface area contributed by atoms with Crippen LogP contribution in [0.5, 0.6) is 5.88 Å². The van der Waals surface area contributed by atoms with Crippen molar-refractivity contribution in [3.8, 4) is 17.1 Å². The summed E-state index contributed by atoms with van der Waals surface area (Å²) in [5.41, 5.74) is 0.808. The van der Waals surface area contributed by atoms with Crippen LogP contribution in [0.3, 0.4) is 0 Å². The van der Waals surface area contributed by atoms with Crippen molar-refractivity contribution in [1.29, 1.82) is 0 Å². The number of anilines is 1. The molecule has 0 unspecified atom stereocenters. The predicted molar refractivity (Wildman–Crippen MR) is 79.5 cm³/mol. The Morgan fingerprint density at radius 3 is 2.71 bits per heavy atom. The molecule has 7 heteroatoms. The van der Waals surface area contributed by atoms with Crippen molar-refractivity contribution in [3.63, 3.8) is 0 Å². The lowest BCUT2D eigenvalue weighted by Gasteiger charge is -2.07. The molecule has 2 heterocycles. The van der Waals surface area contributed by atoms with Gasteiger partial charge in [-0.05, 0) is 18.6 Å². The predicted octanol–water partition coefficient (Wildman–Crippen LogP) is 2.88. The highest BCUT2D eigenvalue weighted by atomic mass is 16.6. The van der Waals surface area contributed by atoms with Crippen molar-refractivity contribution in [2.24, 2.45) is 0 Å². The second kappa shape index (κ2) is 6.65. The largest absolute Gasteiger partial charge is 0.481 e. The molecule has 0 atom stereocenters. The van der Waals surface area contributed by atoms with E-state index in [0.29, 0.717) is 17.3 Å². The van der Waals surface area contributed by atoms with Gasteiger partial charge in [0.05, 0.1) is 12.0 Å². The summed E-state index contributed by atoms with van der Waals surface area (Å²) in [6.45, 7) is 2.79. The van der Waals surface area contributed by atoms with Gasteiger partial charge in [-0.2, -0.15) is 0 Å². The molecule has 2 aromatic rings. The molecule has 110 valence electrons. The molecule has 0 aromatic carbocycles. The number of nitrogens with one attached hydrogen (secondary N) is 1. The van der Waals surface area contributed by atoms with Crippen LogP contribution in [-0.2, 0) is 0 Å². The molecule has 0 saturated carbocycles. The Bertz CT molecular complexity index is 629. The molecule has 7 nitrogen and oxygen atoms in total. The Kier molecular flexibility index (Phi) is 4.65. The topological polar surface area (TPSA) is 90.2 Å².